The molecule has 1 aliphatic heterocycles. The summed E-state index contributed by atoms with van der Waals surface area (Å²) in [5, 5.41) is 0. The van der Waals surface area contributed by atoms with Crippen LogP contribution in [0, 0.1) is 0 Å². The number of nitrogens with zero attached hydrogens (tertiary/aromatic N) is 2. The molecule has 0 atom stereocenters. The Morgan fingerprint density at radius 3 is 2.35 bits per heavy atom. The van der Waals surface area contributed by atoms with E-state index in [0.717, 1.165) is 38.3 Å². The Balaban J connectivity index is 2.10. The summed E-state index contributed by atoms with van der Waals surface area (Å²) in [6.07, 6.45) is 0. The van der Waals surface area contributed by atoms with E-state index < -0.39 is 0 Å². The van der Waals surface area contributed by atoms with E-state index in [1.54, 1.807) is 0 Å². The van der Waals surface area contributed by atoms with E-state index >= 15 is 0 Å². The number of rotatable bonds is 2. The summed E-state index contributed by atoms with van der Waals surface area (Å²) in [7, 11) is 0. The van der Waals surface area contributed by atoms with Gasteiger partial charge in [-0.05, 0) is 29.7 Å². The van der Waals surface area contributed by atoms with Gasteiger partial charge in [0.05, 0.1) is 0 Å². The Kier molecular flexibility index (Phi) is 4.48. The fourth-order valence-corrected chi connectivity index (χ4v) is 2.57. The van der Waals surface area contributed by atoms with Crippen LogP contribution in [0.3, 0.4) is 0 Å². The lowest BCUT2D eigenvalue weighted by Gasteiger charge is -2.34. The standard InChI is InChI=1S/C17H26N2O/c1-5-18-9-11-19(12-10-18)16(20)14-7-6-8-15(13-14)17(2,3)4/h6-8,13H,5,9-12H2,1-4H3. The fraction of sp³-hybridized carbons (Fsp3) is 0.588. The molecule has 0 spiro atoms. The number of hydrogen-bond acceptors (Lipinski definition) is 2. The number of likely N-dealkylation sites (N-methyl/N-ethyl adjacent to an activating group) is 1. The smallest absolute Gasteiger partial charge is 0.253 e. The Morgan fingerprint density at radius 2 is 1.80 bits per heavy atom. The molecular weight excluding hydrogens is 248 g/mol. The molecular formula is C17H26N2O. The van der Waals surface area contributed by atoms with Crippen LogP contribution in [-0.2, 0) is 5.41 Å². The highest BCUT2D eigenvalue weighted by molar-refractivity contribution is 5.94. The summed E-state index contributed by atoms with van der Waals surface area (Å²) in [5.41, 5.74) is 2.12. The number of amides is 1. The molecule has 1 fully saturated rings. The first-order valence-electron chi connectivity index (χ1n) is 7.54. The SMILES string of the molecule is CCN1CCN(C(=O)c2cccc(C(C)(C)C)c2)CC1. The lowest BCUT2D eigenvalue weighted by Crippen LogP contribution is -2.48. The lowest BCUT2D eigenvalue weighted by atomic mass is 9.86. The van der Waals surface area contributed by atoms with Gasteiger partial charge >= 0.3 is 0 Å². The van der Waals surface area contributed by atoms with Gasteiger partial charge in [-0.25, -0.2) is 0 Å². The van der Waals surface area contributed by atoms with Gasteiger partial charge < -0.3 is 9.80 Å². The average molecular weight is 274 g/mol. The Labute approximate surface area is 122 Å². The van der Waals surface area contributed by atoms with Crippen LogP contribution in [0.25, 0.3) is 0 Å². The maximum atomic E-state index is 12.6. The molecule has 0 aliphatic carbocycles. The van der Waals surface area contributed by atoms with Gasteiger partial charge in [0.25, 0.3) is 5.91 Å². The maximum Gasteiger partial charge on any atom is 0.253 e. The second kappa shape index (κ2) is 5.96. The van der Waals surface area contributed by atoms with E-state index in [9.17, 15) is 4.79 Å². The van der Waals surface area contributed by atoms with Crippen molar-refractivity contribution in [2.75, 3.05) is 32.7 Å². The van der Waals surface area contributed by atoms with Crippen LogP contribution < -0.4 is 0 Å². The van der Waals surface area contributed by atoms with Gasteiger partial charge in [0.2, 0.25) is 0 Å². The number of carbonyl (C=O) groups is 1. The maximum absolute atomic E-state index is 12.6. The van der Waals surface area contributed by atoms with Crippen molar-refractivity contribution < 1.29 is 4.79 Å². The molecule has 2 rings (SSSR count). The zero-order valence-corrected chi connectivity index (χ0v) is 13.1. The van der Waals surface area contributed by atoms with Crippen molar-refractivity contribution in [1.82, 2.24) is 9.80 Å². The van der Waals surface area contributed by atoms with Crippen molar-refractivity contribution in [2.45, 2.75) is 33.1 Å². The molecule has 1 heterocycles. The van der Waals surface area contributed by atoms with Gasteiger partial charge in [0, 0.05) is 31.7 Å². The minimum atomic E-state index is 0.0806. The number of carbonyl (C=O) groups excluding carboxylic acids is 1. The quantitative estimate of drug-likeness (QED) is 0.828. The van der Waals surface area contributed by atoms with Crippen LogP contribution in [-0.4, -0.2) is 48.4 Å². The lowest BCUT2D eigenvalue weighted by molar-refractivity contribution is 0.0643. The van der Waals surface area contributed by atoms with E-state index in [1.807, 2.05) is 17.0 Å². The fourth-order valence-electron chi connectivity index (χ4n) is 2.57. The second-order valence-corrected chi connectivity index (χ2v) is 6.56. The summed E-state index contributed by atoms with van der Waals surface area (Å²) < 4.78 is 0. The van der Waals surface area contributed by atoms with E-state index in [-0.39, 0.29) is 11.3 Å². The second-order valence-electron chi connectivity index (χ2n) is 6.56. The van der Waals surface area contributed by atoms with E-state index in [4.69, 9.17) is 0 Å². The molecule has 1 saturated heterocycles. The Morgan fingerprint density at radius 1 is 1.15 bits per heavy atom. The molecule has 0 bridgehead atoms. The highest BCUT2D eigenvalue weighted by Gasteiger charge is 2.22. The van der Waals surface area contributed by atoms with Gasteiger partial charge in [0.15, 0.2) is 0 Å². The number of benzene rings is 1. The summed E-state index contributed by atoms with van der Waals surface area (Å²) in [6.45, 7) is 13.4. The van der Waals surface area contributed by atoms with Crippen LogP contribution in [0.1, 0.15) is 43.6 Å². The zero-order valence-electron chi connectivity index (χ0n) is 13.1. The molecule has 0 aromatic heterocycles. The summed E-state index contributed by atoms with van der Waals surface area (Å²) in [4.78, 5) is 16.9. The summed E-state index contributed by atoms with van der Waals surface area (Å²) in [5.74, 6) is 0.173. The summed E-state index contributed by atoms with van der Waals surface area (Å²) in [6, 6.07) is 8.08. The molecule has 0 saturated carbocycles. The molecule has 1 aliphatic rings. The van der Waals surface area contributed by atoms with Crippen molar-refractivity contribution >= 4 is 5.91 Å². The minimum Gasteiger partial charge on any atom is -0.336 e. The molecule has 0 N–H and O–H groups in total. The molecule has 3 heteroatoms. The summed E-state index contributed by atoms with van der Waals surface area (Å²) >= 11 is 0. The third-order valence-electron chi connectivity index (χ3n) is 4.08. The van der Waals surface area contributed by atoms with Crippen molar-refractivity contribution in [3.05, 3.63) is 35.4 Å². The average Bonchev–Trinajstić information content (AvgIpc) is 2.46. The van der Waals surface area contributed by atoms with Crippen LogP contribution in [0.15, 0.2) is 24.3 Å². The van der Waals surface area contributed by atoms with E-state index in [2.05, 4.69) is 44.7 Å². The third-order valence-corrected chi connectivity index (χ3v) is 4.08. The first kappa shape index (κ1) is 15.0. The minimum absolute atomic E-state index is 0.0806. The van der Waals surface area contributed by atoms with Crippen molar-refractivity contribution in [3.63, 3.8) is 0 Å². The predicted molar refractivity (Wildman–Crippen MR) is 83.2 cm³/mol. The highest BCUT2D eigenvalue weighted by atomic mass is 16.2. The number of piperazine rings is 1. The first-order chi connectivity index (χ1) is 9.41. The van der Waals surface area contributed by atoms with Gasteiger partial charge in [-0.2, -0.15) is 0 Å². The Bertz CT molecular complexity index is 468. The predicted octanol–water partition coefficient (Wildman–Crippen LogP) is 2.76. The van der Waals surface area contributed by atoms with Crippen molar-refractivity contribution in [3.8, 4) is 0 Å². The topological polar surface area (TPSA) is 23.6 Å². The van der Waals surface area contributed by atoms with Gasteiger partial charge in [-0.15, -0.1) is 0 Å². The molecule has 20 heavy (non-hydrogen) atoms. The molecule has 110 valence electrons. The van der Waals surface area contributed by atoms with E-state index in [0.29, 0.717) is 0 Å². The molecule has 0 radical (unpaired) electrons. The first-order valence-corrected chi connectivity index (χ1v) is 7.54. The third kappa shape index (κ3) is 3.40. The normalized spacial score (nSPS) is 17.3. The van der Waals surface area contributed by atoms with Crippen molar-refractivity contribution in [1.29, 1.82) is 0 Å². The van der Waals surface area contributed by atoms with Crippen LogP contribution in [0.2, 0.25) is 0 Å². The molecule has 0 unspecified atom stereocenters. The van der Waals surface area contributed by atoms with Crippen molar-refractivity contribution in [2.24, 2.45) is 0 Å². The number of hydrogen-bond donors (Lipinski definition) is 0. The zero-order chi connectivity index (χ0) is 14.8. The highest BCUT2D eigenvalue weighted by Crippen LogP contribution is 2.23. The molecule has 3 nitrogen and oxygen atoms in total. The van der Waals surface area contributed by atoms with Crippen LogP contribution >= 0.6 is 0 Å². The van der Waals surface area contributed by atoms with E-state index in [1.165, 1.54) is 5.56 Å². The monoisotopic (exact) mass is 274 g/mol. The molecule has 1 aromatic rings. The van der Waals surface area contributed by atoms with Gasteiger partial charge in [-0.1, -0.05) is 39.8 Å². The Hall–Kier alpha value is -1.35. The van der Waals surface area contributed by atoms with Gasteiger partial charge in [-0.3, -0.25) is 4.79 Å². The molecule has 1 aromatic carbocycles. The molecule has 1 amide bonds. The largest absolute Gasteiger partial charge is 0.336 e. The van der Waals surface area contributed by atoms with Gasteiger partial charge in [0.1, 0.15) is 0 Å². The van der Waals surface area contributed by atoms with Crippen LogP contribution in [0.5, 0.6) is 0 Å². The van der Waals surface area contributed by atoms with Crippen LogP contribution in [0.4, 0.5) is 0 Å².